The number of aliphatic hydroxyl groups excluding tert-OH is 1. The van der Waals surface area contributed by atoms with Crippen LogP contribution in [-0.2, 0) is 14.3 Å². The maximum atomic E-state index is 14.0. The largest absolute Gasteiger partial charge is 0.490 e. The second kappa shape index (κ2) is 7.75. The van der Waals surface area contributed by atoms with Gasteiger partial charge in [0.05, 0.1) is 32.2 Å². The molecule has 126 valence electrons. The Morgan fingerprint density at radius 2 is 1.95 bits per heavy atom. The Balaban J connectivity index is 2.92. The van der Waals surface area contributed by atoms with Crippen LogP contribution in [0.4, 0.5) is 4.39 Å². The molecule has 0 aliphatic rings. The molecule has 6 nitrogen and oxygen atoms in total. The summed E-state index contributed by atoms with van der Waals surface area (Å²) in [4.78, 5) is 0. The van der Waals surface area contributed by atoms with E-state index in [-0.39, 0.29) is 36.2 Å². The molecule has 0 aliphatic carbocycles. The van der Waals surface area contributed by atoms with Gasteiger partial charge in [-0.2, -0.15) is 8.42 Å². The van der Waals surface area contributed by atoms with Crippen molar-refractivity contribution in [2.45, 2.75) is 32.5 Å². The lowest BCUT2D eigenvalue weighted by Crippen LogP contribution is -2.10. The maximum absolute atomic E-state index is 14.0. The van der Waals surface area contributed by atoms with Crippen LogP contribution in [0.5, 0.6) is 11.5 Å². The molecular formula is C14H21FO6S. The van der Waals surface area contributed by atoms with E-state index in [9.17, 15) is 17.9 Å². The van der Waals surface area contributed by atoms with E-state index in [0.717, 1.165) is 12.3 Å². The molecule has 1 atom stereocenters. The molecule has 22 heavy (non-hydrogen) atoms. The minimum Gasteiger partial charge on any atom is -0.490 e. The molecule has 1 aromatic rings. The van der Waals surface area contributed by atoms with Gasteiger partial charge in [0.15, 0.2) is 17.3 Å². The van der Waals surface area contributed by atoms with Gasteiger partial charge in [-0.15, -0.1) is 0 Å². The van der Waals surface area contributed by atoms with Crippen molar-refractivity contribution in [1.82, 2.24) is 0 Å². The molecule has 0 fully saturated rings. The summed E-state index contributed by atoms with van der Waals surface area (Å²) >= 11 is 0. The first kappa shape index (κ1) is 18.7. The smallest absolute Gasteiger partial charge is 0.264 e. The average molecular weight is 336 g/mol. The topological polar surface area (TPSA) is 82.1 Å². The molecule has 0 unspecified atom stereocenters. The van der Waals surface area contributed by atoms with E-state index in [2.05, 4.69) is 4.18 Å². The van der Waals surface area contributed by atoms with Crippen LogP contribution in [0.1, 0.15) is 31.9 Å². The van der Waals surface area contributed by atoms with E-state index in [0.29, 0.717) is 0 Å². The molecule has 0 aromatic heterocycles. The Morgan fingerprint density at radius 1 is 1.32 bits per heavy atom. The van der Waals surface area contributed by atoms with Crippen LogP contribution >= 0.6 is 0 Å². The van der Waals surface area contributed by atoms with E-state index < -0.39 is 22.0 Å². The van der Waals surface area contributed by atoms with E-state index in [4.69, 9.17) is 9.47 Å². The monoisotopic (exact) mass is 336 g/mol. The lowest BCUT2D eigenvalue weighted by atomic mass is 10.1. The standard InChI is InChI=1S/C14H21FO6S/c1-9(2)21-13-8-10(7-11(15)14(13)19-3)12(16)5-6-20-22(4,17)18/h7-9,12,16H,5-6H2,1-4H3/t12-/m0/s1. The van der Waals surface area contributed by atoms with Crippen LogP contribution in [0.3, 0.4) is 0 Å². The van der Waals surface area contributed by atoms with Crippen molar-refractivity contribution in [1.29, 1.82) is 0 Å². The van der Waals surface area contributed by atoms with Gasteiger partial charge in [-0.1, -0.05) is 0 Å². The Bertz CT molecular complexity index is 600. The first-order valence-electron chi connectivity index (χ1n) is 6.70. The highest BCUT2D eigenvalue weighted by atomic mass is 32.2. The number of hydrogen-bond donors (Lipinski definition) is 1. The highest BCUT2D eigenvalue weighted by molar-refractivity contribution is 7.85. The van der Waals surface area contributed by atoms with E-state index in [1.54, 1.807) is 13.8 Å². The molecule has 0 amide bonds. The third-order valence-corrected chi connectivity index (χ3v) is 3.27. The van der Waals surface area contributed by atoms with Crippen LogP contribution in [0, 0.1) is 5.82 Å². The molecule has 1 N–H and O–H groups in total. The summed E-state index contributed by atoms with van der Waals surface area (Å²) in [6.45, 7) is 3.36. The normalized spacial score (nSPS) is 13.2. The fourth-order valence-corrected chi connectivity index (χ4v) is 2.20. The molecule has 0 heterocycles. The molecule has 0 aliphatic heterocycles. The van der Waals surface area contributed by atoms with Crippen LogP contribution in [0.2, 0.25) is 0 Å². The predicted molar refractivity (Wildman–Crippen MR) is 79.1 cm³/mol. The lowest BCUT2D eigenvalue weighted by molar-refractivity contribution is 0.141. The van der Waals surface area contributed by atoms with Gasteiger partial charge in [0.1, 0.15) is 0 Å². The van der Waals surface area contributed by atoms with Crippen molar-refractivity contribution in [3.63, 3.8) is 0 Å². The van der Waals surface area contributed by atoms with Gasteiger partial charge in [0.25, 0.3) is 10.1 Å². The Morgan fingerprint density at radius 3 is 2.45 bits per heavy atom. The van der Waals surface area contributed by atoms with Gasteiger partial charge in [-0.25, -0.2) is 4.39 Å². The van der Waals surface area contributed by atoms with Crippen LogP contribution in [0.25, 0.3) is 0 Å². The SMILES string of the molecule is COc1c(F)cc([C@@H](O)CCOS(C)(=O)=O)cc1OC(C)C. The predicted octanol–water partition coefficient (Wildman–Crippen LogP) is 2.02. The molecular weight excluding hydrogens is 315 g/mol. The van der Waals surface area contributed by atoms with Crippen molar-refractivity contribution >= 4 is 10.1 Å². The van der Waals surface area contributed by atoms with Crippen LogP contribution in [-0.4, -0.2) is 39.6 Å². The van der Waals surface area contributed by atoms with Gasteiger partial charge in [-0.3, -0.25) is 4.18 Å². The van der Waals surface area contributed by atoms with Crippen LogP contribution in [0.15, 0.2) is 12.1 Å². The number of ether oxygens (including phenoxy) is 2. The van der Waals surface area contributed by atoms with Crippen LogP contribution < -0.4 is 9.47 Å². The van der Waals surface area contributed by atoms with Gasteiger partial charge in [0, 0.05) is 6.42 Å². The van der Waals surface area contributed by atoms with Gasteiger partial charge < -0.3 is 14.6 Å². The van der Waals surface area contributed by atoms with Crippen molar-refractivity contribution in [3.05, 3.63) is 23.5 Å². The van der Waals surface area contributed by atoms with Gasteiger partial charge in [-0.05, 0) is 31.5 Å². The molecule has 1 rings (SSSR count). The average Bonchev–Trinajstić information content (AvgIpc) is 2.35. The van der Waals surface area contributed by atoms with E-state index in [1.165, 1.54) is 13.2 Å². The van der Waals surface area contributed by atoms with Crippen molar-refractivity contribution in [3.8, 4) is 11.5 Å². The number of benzene rings is 1. The zero-order valence-corrected chi connectivity index (χ0v) is 13.8. The zero-order valence-electron chi connectivity index (χ0n) is 13.0. The number of aliphatic hydroxyl groups is 1. The highest BCUT2D eigenvalue weighted by Gasteiger charge is 2.18. The molecule has 0 saturated carbocycles. The van der Waals surface area contributed by atoms with Gasteiger partial charge >= 0.3 is 0 Å². The molecule has 0 radical (unpaired) electrons. The summed E-state index contributed by atoms with van der Waals surface area (Å²) in [6, 6.07) is 2.59. The number of hydrogen-bond acceptors (Lipinski definition) is 6. The molecule has 8 heteroatoms. The zero-order chi connectivity index (χ0) is 16.9. The summed E-state index contributed by atoms with van der Waals surface area (Å²) in [7, 11) is -2.25. The summed E-state index contributed by atoms with van der Waals surface area (Å²) in [6.07, 6.45) is -0.369. The van der Waals surface area contributed by atoms with E-state index in [1.807, 2.05) is 0 Å². The maximum Gasteiger partial charge on any atom is 0.264 e. The van der Waals surface area contributed by atoms with E-state index >= 15 is 0 Å². The fraction of sp³-hybridized carbons (Fsp3) is 0.571. The minimum atomic E-state index is -3.57. The Hall–Kier alpha value is -1.38. The quantitative estimate of drug-likeness (QED) is 0.732. The summed E-state index contributed by atoms with van der Waals surface area (Å²) in [5.41, 5.74) is 0.256. The van der Waals surface area contributed by atoms with Crippen molar-refractivity contribution in [2.75, 3.05) is 20.0 Å². The molecule has 1 aromatic carbocycles. The summed E-state index contributed by atoms with van der Waals surface area (Å²) in [5.74, 6) is -0.536. The lowest BCUT2D eigenvalue weighted by Gasteiger charge is -2.17. The molecule has 0 saturated heterocycles. The van der Waals surface area contributed by atoms with Crippen molar-refractivity contribution in [2.24, 2.45) is 0 Å². The first-order valence-corrected chi connectivity index (χ1v) is 8.52. The summed E-state index contributed by atoms with van der Waals surface area (Å²) in [5, 5.41) is 10.0. The summed E-state index contributed by atoms with van der Waals surface area (Å²) < 4.78 is 50.7. The molecule has 0 spiro atoms. The third-order valence-electron chi connectivity index (χ3n) is 2.67. The second-order valence-electron chi connectivity index (χ2n) is 5.03. The first-order chi connectivity index (χ1) is 10.1. The van der Waals surface area contributed by atoms with Crippen molar-refractivity contribution < 1.29 is 31.6 Å². The Labute approximate surface area is 129 Å². The fourth-order valence-electron chi connectivity index (χ4n) is 1.80. The molecule has 0 bridgehead atoms. The number of methoxy groups -OCH3 is 1. The van der Waals surface area contributed by atoms with Gasteiger partial charge in [0.2, 0.25) is 0 Å². The number of halogens is 1. The highest BCUT2D eigenvalue weighted by Crippen LogP contribution is 2.35. The minimum absolute atomic E-state index is 0.0000423. The third kappa shape index (κ3) is 5.78. The second-order valence-corrected chi connectivity index (χ2v) is 6.68. The number of rotatable bonds is 8. The Kier molecular flexibility index (Phi) is 6.58.